The number of halogens is 12. The molecule has 2 fully saturated rings. The lowest BCUT2D eigenvalue weighted by Crippen LogP contribution is -2.59. The van der Waals surface area contributed by atoms with Crippen LogP contribution in [0.3, 0.4) is 0 Å². The van der Waals surface area contributed by atoms with Crippen molar-refractivity contribution < 1.29 is 40.8 Å². The van der Waals surface area contributed by atoms with Crippen LogP contribution < -0.4 is 0 Å². The van der Waals surface area contributed by atoms with Gasteiger partial charge >= 0.3 is 18.4 Å². The van der Waals surface area contributed by atoms with Crippen LogP contribution in [0, 0.1) is 0 Å². The van der Waals surface area contributed by atoms with E-state index >= 15 is 0 Å². The molecule has 4 aromatic rings. The van der Waals surface area contributed by atoms with Gasteiger partial charge in [-0.05, 0) is 46.5 Å². The monoisotopic (exact) mass is 922 g/mol. The van der Waals surface area contributed by atoms with Gasteiger partial charge in [-0.1, -0.05) is 128 Å². The van der Waals surface area contributed by atoms with E-state index in [1.54, 1.807) is 58.3 Å². The third kappa shape index (κ3) is 7.03. The highest BCUT2D eigenvalue weighted by Crippen LogP contribution is 2.52. The molecule has 2 unspecified atom stereocenters. The SMILES string of the molecule is O=C(N1CC(c2ccc(C3=NOC(c4cc(Cl)c(Cl)c(Cl)c4)(C(F)(F)F)C3)cc2)C1)N1CC(c2ccc(C3=NOC(c4cc(Cl)c(Cl)c(Cl)c4)(C(F)(F)F)C3)cc2)C1. The number of carbonyl (C=O) groups is 1. The Morgan fingerprint density at radius 3 is 1.17 bits per heavy atom. The number of hydrogen-bond acceptors (Lipinski definition) is 5. The lowest BCUT2D eigenvalue weighted by Gasteiger charge is -2.47. The molecule has 0 radical (unpaired) electrons. The van der Waals surface area contributed by atoms with Gasteiger partial charge in [-0.25, -0.2) is 4.79 Å². The molecule has 0 bridgehead atoms. The number of urea groups is 1. The fraction of sp³-hybridized carbons (Fsp3) is 0.308. The Labute approximate surface area is 356 Å². The summed E-state index contributed by atoms with van der Waals surface area (Å²) >= 11 is 36.1. The fourth-order valence-electron chi connectivity index (χ4n) is 7.48. The lowest BCUT2D eigenvalue weighted by atomic mass is 9.85. The average Bonchev–Trinajstić information content (AvgIpc) is 3.80. The summed E-state index contributed by atoms with van der Waals surface area (Å²) in [5.41, 5.74) is -3.34. The van der Waals surface area contributed by atoms with E-state index in [2.05, 4.69) is 10.3 Å². The summed E-state index contributed by atoms with van der Waals surface area (Å²) in [5.74, 6) is 0.0634. The third-order valence-electron chi connectivity index (χ3n) is 11.0. The molecule has 4 aliphatic rings. The number of alkyl halides is 6. The van der Waals surface area contributed by atoms with Crippen molar-refractivity contribution in [2.75, 3.05) is 26.2 Å². The quantitative estimate of drug-likeness (QED) is 0.143. The number of carbonyl (C=O) groups excluding carboxylic acids is 1. The maximum atomic E-state index is 14.5. The van der Waals surface area contributed by atoms with Crippen LogP contribution in [-0.4, -0.2) is 65.8 Å². The first kappa shape index (κ1) is 41.2. The first-order valence-corrected chi connectivity index (χ1v) is 19.7. The van der Waals surface area contributed by atoms with Gasteiger partial charge in [0.05, 0.1) is 41.6 Å². The standard InChI is InChI=1S/C39H26Cl6F6N4O3/c40-27-9-25(10-28(41)33(27)44)36(38(46,47)48)13-31(52-57-36)21-5-1-19(2-6-21)23-15-54(16-23)35(56)55-17-24(18-55)20-3-7-22(8-4-20)32-14-37(58-53-32,39(49,50)51)26-11-29(42)34(45)30(43)12-26/h1-12,23-24H,13-18H2. The number of benzene rings is 4. The Bertz CT molecular complexity index is 2160. The molecule has 304 valence electrons. The van der Waals surface area contributed by atoms with E-state index in [0.29, 0.717) is 37.3 Å². The van der Waals surface area contributed by atoms with Crippen LogP contribution in [-0.2, 0) is 20.9 Å². The van der Waals surface area contributed by atoms with E-state index in [4.69, 9.17) is 79.3 Å². The molecule has 2 atom stereocenters. The molecule has 4 heterocycles. The van der Waals surface area contributed by atoms with E-state index in [1.165, 1.54) is 0 Å². The molecule has 4 aliphatic heterocycles. The van der Waals surface area contributed by atoms with E-state index in [9.17, 15) is 31.1 Å². The molecule has 0 saturated carbocycles. The Hall–Kier alpha value is -3.59. The van der Waals surface area contributed by atoms with Crippen molar-refractivity contribution in [2.24, 2.45) is 10.3 Å². The molecule has 4 aromatic carbocycles. The van der Waals surface area contributed by atoms with Gasteiger partial charge in [0.15, 0.2) is 0 Å². The maximum Gasteiger partial charge on any atom is 0.435 e. The van der Waals surface area contributed by atoms with Crippen LogP contribution in [0.4, 0.5) is 31.1 Å². The Morgan fingerprint density at radius 1 is 0.569 bits per heavy atom. The smallest absolute Gasteiger partial charge is 0.374 e. The minimum absolute atomic E-state index is 0.0317. The maximum absolute atomic E-state index is 14.5. The molecule has 0 aliphatic carbocycles. The molecule has 7 nitrogen and oxygen atoms in total. The van der Waals surface area contributed by atoms with Crippen LogP contribution in [0.15, 0.2) is 83.1 Å². The van der Waals surface area contributed by atoms with Crippen molar-refractivity contribution >= 4 is 87.1 Å². The van der Waals surface area contributed by atoms with Crippen molar-refractivity contribution in [2.45, 2.75) is 48.2 Å². The number of amides is 2. The van der Waals surface area contributed by atoms with E-state index < -0.39 is 36.4 Å². The fourth-order valence-corrected chi connectivity index (χ4v) is 8.67. The molecule has 0 spiro atoms. The molecule has 8 rings (SSSR count). The van der Waals surface area contributed by atoms with Crippen molar-refractivity contribution in [1.29, 1.82) is 0 Å². The zero-order valence-corrected chi connectivity index (χ0v) is 33.9. The van der Waals surface area contributed by atoms with E-state index in [-0.39, 0.29) is 70.6 Å². The van der Waals surface area contributed by atoms with Crippen LogP contribution >= 0.6 is 69.6 Å². The molecule has 0 N–H and O–H groups in total. The molecule has 0 aromatic heterocycles. The van der Waals surface area contributed by atoms with Gasteiger partial charge < -0.3 is 19.5 Å². The highest BCUT2D eigenvalue weighted by molar-refractivity contribution is 6.48. The minimum Gasteiger partial charge on any atom is -0.374 e. The van der Waals surface area contributed by atoms with Crippen LogP contribution in [0.5, 0.6) is 0 Å². The van der Waals surface area contributed by atoms with E-state index in [0.717, 1.165) is 35.4 Å². The van der Waals surface area contributed by atoms with Crippen LogP contribution in [0.2, 0.25) is 30.1 Å². The lowest BCUT2D eigenvalue weighted by molar-refractivity contribution is -0.276. The molecular formula is C39H26Cl6F6N4O3. The summed E-state index contributed by atoms with van der Waals surface area (Å²) in [5, 5.41) is 6.89. The third-order valence-corrected chi connectivity index (χ3v) is 13.4. The Balaban J connectivity index is 0.842. The summed E-state index contributed by atoms with van der Waals surface area (Å²) < 4.78 is 86.8. The van der Waals surface area contributed by atoms with Gasteiger partial charge in [0.2, 0.25) is 0 Å². The van der Waals surface area contributed by atoms with Crippen LogP contribution in [0.25, 0.3) is 0 Å². The summed E-state index contributed by atoms with van der Waals surface area (Å²) in [6.45, 7) is 1.85. The summed E-state index contributed by atoms with van der Waals surface area (Å²) in [6, 6.07) is 18.1. The number of rotatable bonds is 6. The second kappa shape index (κ2) is 14.8. The zero-order chi connectivity index (χ0) is 41.5. The highest BCUT2D eigenvalue weighted by Gasteiger charge is 2.63. The topological polar surface area (TPSA) is 66.7 Å². The van der Waals surface area contributed by atoms with Gasteiger partial charge in [0.1, 0.15) is 0 Å². The highest BCUT2D eigenvalue weighted by atomic mass is 35.5. The van der Waals surface area contributed by atoms with Gasteiger partial charge in [-0.15, -0.1) is 0 Å². The number of oxime groups is 2. The first-order chi connectivity index (χ1) is 27.3. The number of nitrogens with zero attached hydrogens (tertiary/aromatic N) is 4. The summed E-state index contributed by atoms with van der Waals surface area (Å²) in [4.78, 5) is 26.9. The van der Waals surface area contributed by atoms with Crippen molar-refractivity contribution in [1.82, 2.24) is 9.80 Å². The largest absolute Gasteiger partial charge is 0.435 e. The van der Waals surface area contributed by atoms with E-state index in [1.807, 2.05) is 0 Å². The number of hydrogen-bond donors (Lipinski definition) is 0. The molecular weight excluding hydrogens is 899 g/mol. The molecule has 19 heteroatoms. The summed E-state index contributed by atoms with van der Waals surface area (Å²) in [6.07, 6.45) is -10.9. The van der Waals surface area contributed by atoms with Gasteiger partial charge in [-0.3, -0.25) is 0 Å². The normalized spacial score (nSPS) is 22.6. The Kier molecular flexibility index (Phi) is 10.5. The van der Waals surface area contributed by atoms with Crippen molar-refractivity contribution in [3.8, 4) is 0 Å². The minimum atomic E-state index is -4.86. The molecule has 58 heavy (non-hydrogen) atoms. The average molecular weight is 925 g/mol. The number of likely N-dealkylation sites (tertiary alicyclic amines) is 2. The molecule has 2 saturated heterocycles. The second-order valence-electron chi connectivity index (χ2n) is 14.5. The first-order valence-electron chi connectivity index (χ1n) is 17.5. The predicted molar refractivity (Wildman–Crippen MR) is 210 cm³/mol. The Morgan fingerprint density at radius 2 is 0.879 bits per heavy atom. The van der Waals surface area contributed by atoms with Gasteiger partial charge in [0.25, 0.3) is 11.2 Å². The predicted octanol–water partition coefficient (Wildman–Crippen LogP) is 12.4. The van der Waals surface area contributed by atoms with Crippen LogP contribution in [0.1, 0.15) is 58.1 Å². The molecule has 2 amide bonds. The van der Waals surface area contributed by atoms with Crippen molar-refractivity contribution in [3.05, 3.63) is 136 Å². The van der Waals surface area contributed by atoms with Gasteiger partial charge in [0, 0.05) is 62.0 Å². The second-order valence-corrected chi connectivity index (χ2v) is 16.9. The summed E-state index contributed by atoms with van der Waals surface area (Å²) in [7, 11) is 0. The van der Waals surface area contributed by atoms with Gasteiger partial charge in [-0.2, -0.15) is 26.3 Å². The van der Waals surface area contributed by atoms with Crippen molar-refractivity contribution in [3.63, 3.8) is 0 Å². The zero-order valence-electron chi connectivity index (χ0n) is 29.4.